The summed E-state index contributed by atoms with van der Waals surface area (Å²) < 4.78 is 3.29. The first-order valence-electron chi connectivity index (χ1n) is 5.36. The van der Waals surface area contributed by atoms with E-state index in [0.717, 1.165) is 25.1 Å². The molecular formula is C12H16N2O+2. The molecule has 1 aliphatic heterocycles. The summed E-state index contributed by atoms with van der Waals surface area (Å²) in [6.07, 6.45) is 5.85. The van der Waals surface area contributed by atoms with Gasteiger partial charge in [-0.3, -0.25) is 0 Å². The van der Waals surface area contributed by atoms with Crippen LogP contribution in [0, 0.1) is 4.91 Å². The van der Waals surface area contributed by atoms with Crippen LogP contribution in [0.3, 0.4) is 0 Å². The Morgan fingerprint density at radius 1 is 1.53 bits per heavy atom. The van der Waals surface area contributed by atoms with E-state index < -0.39 is 0 Å². The zero-order valence-corrected chi connectivity index (χ0v) is 8.80. The van der Waals surface area contributed by atoms with Crippen molar-refractivity contribution in [3.63, 3.8) is 0 Å². The van der Waals surface area contributed by atoms with Gasteiger partial charge in [0.1, 0.15) is 0 Å². The lowest BCUT2D eigenvalue weighted by Gasteiger charge is -2.00. The summed E-state index contributed by atoms with van der Waals surface area (Å²) in [6.45, 7) is 5.22. The fourth-order valence-electron chi connectivity index (χ4n) is 2.06. The fraction of sp³-hybridized carbons (Fsp3) is 0.417. The molecule has 2 rings (SSSR count). The number of rotatable bonds is 3. The fourth-order valence-corrected chi connectivity index (χ4v) is 2.06. The number of aromatic nitrogens is 1. The van der Waals surface area contributed by atoms with Crippen molar-refractivity contribution in [3.05, 3.63) is 41.6 Å². The second-order valence-corrected chi connectivity index (χ2v) is 3.92. The van der Waals surface area contributed by atoms with E-state index in [0.29, 0.717) is 6.54 Å². The Hall–Kier alpha value is -1.51. The predicted octanol–water partition coefficient (Wildman–Crippen LogP) is 1.56. The molecule has 0 amide bonds. The van der Waals surface area contributed by atoms with Gasteiger partial charge in [-0.2, -0.15) is 4.57 Å². The van der Waals surface area contributed by atoms with Crippen LogP contribution in [0.15, 0.2) is 31.0 Å². The number of hydrogen-bond acceptors (Lipinski definition) is 1. The van der Waals surface area contributed by atoms with Crippen molar-refractivity contribution in [1.29, 1.82) is 0 Å². The molecule has 78 valence electrons. The van der Waals surface area contributed by atoms with Gasteiger partial charge in [0.25, 0.3) is 6.04 Å². The molecule has 1 saturated heterocycles. The molecule has 1 fully saturated rings. The van der Waals surface area contributed by atoms with Crippen LogP contribution < -0.4 is 4.57 Å². The van der Waals surface area contributed by atoms with E-state index in [1.807, 2.05) is 30.5 Å². The number of hydrogen-bond donors (Lipinski definition) is 0. The second kappa shape index (κ2) is 4.34. The molecule has 0 spiro atoms. The van der Waals surface area contributed by atoms with Crippen molar-refractivity contribution >= 4 is 6.08 Å². The Labute approximate surface area is 89.6 Å². The molecule has 0 aromatic carbocycles. The smallest absolute Gasteiger partial charge is 0.192 e. The van der Waals surface area contributed by atoms with E-state index in [4.69, 9.17) is 0 Å². The molecule has 15 heavy (non-hydrogen) atoms. The molecule has 3 heteroatoms. The summed E-state index contributed by atoms with van der Waals surface area (Å²) in [6, 6.07) is 6.11. The van der Waals surface area contributed by atoms with Crippen molar-refractivity contribution < 1.29 is 9.33 Å². The van der Waals surface area contributed by atoms with Crippen LogP contribution in [0.2, 0.25) is 0 Å². The topological polar surface area (TPSA) is 24.0 Å². The minimum absolute atomic E-state index is 0.135. The maximum Gasteiger partial charge on any atom is 0.259 e. The number of pyridine rings is 1. The molecule has 0 radical (unpaired) electrons. The molecule has 1 aromatic rings. The first-order chi connectivity index (χ1) is 7.31. The molecule has 0 aliphatic carbocycles. The minimum Gasteiger partial charge on any atom is -0.192 e. The summed E-state index contributed by atoms with van der Waals surface area (Å²) in [5.74, 6) is 0. The molecule has 2 heterocycles. The van der Waals surface area contributed by atoms with E-state index in [-0.39, 0.29) is 6.04 Å². The van der Waals surface area contributed by atoms with Gasteiger partial charge in [0.2, 0.25) is 12.2 Å². The van der Waals surface area contributed by atoms with Gasteiger partial charge in [-0.1, -0.05) is 6.58 Å². The summed E-state index contributed by atoms with van der Waals surface area (Å²) in [5, 5.41) is 0. The quantitative estimate of drug-likeness (QED) is 0.685. The maximum absolute atomic E-state index is 11.5. The van der Waals surface area contributed by atoms with Crippen LogP contribution in [-0.2, 0) is 6.54 Å². The first kappa shape index (κ1) is 10.0. The van der Waals surface area contributed by atoms with Crippen LogP contribution in [0.4, 0.5) is 0 Å². The average molecular weight is 204 g/mol. The van der Waals surface area contributed by atoms with Gasteiger partial charge in [0.15, 0.2) is 12.7 Å². The highest BCUT2D eigenvalue weighted by atomic mass is 16.3. The van der Waals surface area contributed by atoms with Crippen molar-refractivity contribution in [1.82, 2.24) is 0 Å². The minimum atomic E-state index is 0.135. The zero-order valence-electron chi connectivity index (χ0n) is 8.80. The van der Waals surface area contributed by atoms with E-state index in [1.54, 1.807) is 0 Å². The van der Waals surface area contributed by atoms with Gasteiger partial charge in [-0.25, -0.2) is 0 Å². The maximum atomic E-state index is 11.5. The van der Waals surface area contributed by atoms with Crippen molar-refractivity contribution in [2.75, 3.05) is 6.54 Å². The molecule has 1 aromatic heterocycles. The lowest BCUT2D eigenvalue weighted by atomic mass is 10.2. The third-order valence-electron chi connectivity index (χ3n) is 2.92. The van der Waals surface area contributed by atoms with E-state index in [2.05, 4.69) is 11.1 Å². The monoisotopic (exact) mass is 204 g/mol. The Balaban J connectivity index is 2.16. The van der Waals surface area contributed by atoms with Gasteiger partial charge in [-0.05, 0) is 6.07 Å². The van der Waals surface area contributed by atoms with Gasteiger partial charge < -0.3 is 0 Å². The first-order valence-corrected chi connectivity index (χ1v) is 5.36. The Kier molecular flexibility index (Phi) is 2.90. The highest BCUT2D eigenvalue weighted by Gasteiger charge is 2.35. The highest BCUT2D eigenvalue weighted by molar-refractivity contribution is 5.36. The molecule has 3 nitrogen and oxygen atoms in total. The number of nitroso groups, excluding NO2 is 1. The van der Waals surface area contributed by atoms with Crippen LogP contribution in [0.1, 0.15) is 18.5 Å². The van der Waals surface area contributed by atoms with Gasteiger partial charge >= 0.3 is 0 Å². The normalized spacial score (nSPS) is 20.5. The summed E-state index contributed by atoms with van der Waals surface area (Å²) in [7, 11) is 0. The molecular weight excluding hydrogens is 188 g/mol. The van der Waals surface area contributed by atoms with Crippen molar-refractivity contribution in [2.24, 2.45) is 0 Å². The van der Waals surface area contributed by atoms with Crippen molar-refractivity contribution in [3.8, 4) is 0 Å². The Bertz CT molecular complexity index is 387. The summed E-state index contributed by atoms with van der Waals surface area (Å²) in [5.41, 5.74) is 1.07. The third-order valence-corrected chi connectivity index (χ3v) is 2.92. The molecule has 0 saturated carbocycles. The lowest BCUT2D eigenvalue weighted by Crippen LogP contribution is -2.43. The van der Waals surface area contributed by atoms with Crippen LogP contribution in [0.5, 0.6) is 0 Å². The third kappa shape index (κ3) is 2.12. The predicted molar refractivity (Wildman–Crippen MR) is 58.2 cm³/mol. The largest absolute Gasteiger partial charge is 0.259 e. The van der Waals surface area contributed by atoms with Crippen molar-refractivity contribution in [2.45, 2.75) is 25.4 Å². The highest BCUT2D eigenvalue weighted by Crippen LogP contribution is 2.11. The Morgan fingerprint density at radius 3 is 3.07 bits per heavy atom. The number of nitrogens with zero attached hydrogens (tertiary/aromatic N) is 2. The van der Waals surface area contributed by atoms with Crippen LogP contribution in [0.25, 0.3) is 6.08 Å². The van der Waals surface area contributed by atoms with E-state index in [1.165, 1.54) is 4.76 Å². The van der Waals surface area contributed by atoms with E-state index >= 15 is 0 Å². The van der Waals surface area contributed by atoms with E-state index in [9.17, 15) is 4.91 Å². The van der Waals surface area contributed by atoms with Gasteiger partial charge in [0.05, 0.1) is 0 Å². The SMILES string of the molecule is C=Cc1cccc[n+]1CC1CCC[N+]1=O. The molecule has 1 unspecified atom stereocenters. The molecule has 1 atom stereocenters. The summed E-state index contributed by atoms with van der Waals surface area (Å²) >= 11 is 0. The van der Waals surface area contributed by atoms with Crippen LogP contribution in [-0.4, -0.2) is 17.3 Å². The standard InChI is InChI=1S/C12H16N2O/c1-2-11-6-3-4-8-13(11)10-12-7-5-9-14(12)15/h2-4,6,8,12H,1,5,7,9-10H2/q+2. The average Bonchev–Trinajstić information content (AvgIpc) is 2.65. The molecule has 1 aliphatic rings. The van der Waals surface area contributed by atoms with Crippen LogP contribution >= 0.6 is 0 Å². The Morgan fingerprint density at radius 2 is 2.40 bits per heavy atom. The van der Waals surface area contributed by atoms with Gasteiger partial charge in [0, 0.05) is 40.7 Å². The zero-order chi connectivity index (χ0) is 10.7. The summed E-state index contributed by atoms with van der Waals surface area (Å²) in [4.78, 5) is 11.5. The van der Waals surface area contributed by atoms with Gasteiger partial charge in [-0.15, -0.1) is 0 Å². The lowest BCUT2D eigenvalue weighted by molar-refractivity contribution is -0.737. The molecule has 0 bridgehead atoms. The second-order valence-electron chi connectivity index (χ2n) is 3.92. The molecule has 0 N–H and O–H groups in total.